The van der Waals surface area contributed by atoms with Crippen molar-refractivity contribution < 1.29 is 20.1 Å². The zero-order valence-electron chi connectivity index (χ0n) is 34.7. The van der Waals surface area contributed by atoms with Crippen LogP contribution in [0.4, 0.5) is 0 Å². The molecule has 3 atom stereocenters. The standard InChI is InChI=1S/C47H89NO4/c1-3-5-7-9-11-13-14-15-16-17-18-19-20-21-22-23-24-25-26-27-28-29-30-31-32-34-36-38-40-42-46(51)48-44(43-49)47(52)45(50)41-39-37-35-33-12-10-8-6-4-2/h6,8,21-22,33,35,44-45,47,49-50,52H,3-5,7,9-20,23-32,34,36-43H2,1-2H3,(H,48,51)/b8-6+,22-21-,35-33+. The van der Waals surface area contributed by atoms with Gasteiger partial charge < -0.3 is 20.6 Å². The summed E-state index contributed by atoms with van der Waals surface area (Å²) in [6.45, 7) is 4.04. The maximum atomic E-state index is 12.4. The molecule has 0 aliphatic carbocycles. The van der Waals surface area contributed by atoms with Crippen LogP contribution in [-0.2, 0) is 4.79 Å². The molecule has 0 aromatic carbocycles. The van der Waals surface area contributed by atoms with E-state index in [0.717, 1.165) is 51.4 Å². The number of aliphatic hydroxyl groups is 3. The molecular formula is C47H89NO4. The Bertz CT molecular complexity index is 809. The monoisotopic (exact) mass is 732 g/mol. The number of hydrogen-bond acceptors (Lipinski definition) is 4. The fourth-order valence-corrected chi connectivity index (χ4v) is 6.95. The molecule has 5 heteroatoms. The Morgan fingerprint density at radius 1 is 0.481 bits per heavy atom. The molecule has 0 aromatic rings. The molecule has 4 N–H and O–H groups in total. The molecular weight excluding hydrogens is 643 g/mol. The molecule has 1 amide bonds. The highest BCUT2D eigenvalue weighted by Gasteiger charge is 2.26. The number of carbonyl (C=O) groups excluding carboxylic acids is 1. The summed E-state index contributed by atoms with van der Waals surface area (Å²) in [4.78, 5) is 12.4. The summed E-state index contributed by atoms with van der Waals surface area (Å²) in [5, 5.41) is 33.3. The van der Waals surface area contributed by atoms with Gasteiger partial charge in [0.25, 0.3) is 0 Å². The molecule has 0 spiro atoms. The van der Waals surface area contributed by atoms with Gasteiger partial charge in [-0.1, -0.05) is 192 Å². The highest BCUT2D eigenvalue weighted by atomic mass is 16.3. The van der Waals surface area contributed by atoms with Crippen LogP contribution in [0.15, 0.2) is 36.5 Å². The van der Waals surface area contributed by atoms with Gasteiger partial charge in [-0.25, -0.2) is 0 Å². The van der Waals surface area contributed by atoms with Gasteiger partial charge in [-0.15, -0.1) is 0 Å². The Kier molecular flexibility index (Phi) is 41.1. The van der Waals surface area contributed by atoms with Gasteiger partial charge in [0.15, 0.2) is 0 Å². The number of rotatable bonds is 41. The van der Waals surface area contributed by atoms with Crippen molar-refractivity contribution in [3.05, 3.63) is 36.5 Å². The van der Waals surface area contributed by atoms with Crippen LogP contribution < -0.4 is 5.32 Å². The summed E-state index contributed by atoms with van der Waals surface area (Å²) >= 11 is 0. The van der Waals surface area contributed by atoms with Crippen LogP contribution in [0.2, 0.25) is 0 Å². The third kappa shape index (κ3) is 36.9. The quantitative estimate of drug-likeness (QED) is 0.0372. The number of carbonyl (C=O) groups is 1. The Morgan fingerprint density at radius 3 is 1.27 bits per heavy atom. The molecule has 0 aliphatic heterocycles. The normalized spacial score (nSPS) is 13.9. The maximum absolute atomic E-state index is 12.4. The molecule has 3 unspecified atom stereocenters. The summed E-state index contributed by atoms with van der Waals surface area (Å²) in [5.41, 5.74) is 0. The third-order valence-corrected chi connectivity index (χ3v) is 10.5. The van der Waals surface area contributed by atoms with Gasteiger partial charge in [0.2, 0.25) is 5.91 Å². The van der Waals surface area contributed by atoms with E-state index in [1.165, 1.54) is 154 Å². The first-order valence-electron chi connectivity index (χ1n) is 22.8. The maximum Gasteiger partial charge on any atom is 0.220 e. The van der Waals surface area contributed by atoms with E-state index >= 15 is 0 Å². The number of amides is 1. The van der Waals surface area contributed by atoms with Crippen molar-refractivity contribution in [2.45, 2.75) is 250 Å². The largest absolute Gasteiger partial charge is 0.394 e. The van der Waals surface area contributed by atoms with Crippen molar-refractivity contribution in [1.82, 2.24) is 5.32 Å². The average molecular weight is 732 g/mol. The van der Waals surface area contributed by atoms with Gasteiger partial charge in [0.05, 0.1) is 18.8 Å². The second-order valence-electron chi connectivity index (χ2n) is 15.6. The minimum absolute atomic E-state index is 0.160. The highest BCUT2D eigenvalue weighted by molar-refractivity contribution is 5.76. The van der Waals surface area contributed by atoms with E-state index in [2.05, 4.69) is 55.6 Å². The van der Waals surface area contributed by atoms with Crippen LogP contribution in [0.5, 0.6) is 0 Å². The van der Waals surface area contributed by atoms with Crippen LogP contribution in [-0.4, -0.2) is 46.1 Å². The van der Waals surface area contributed by atoms with Crippen LogP contribution >= 0.6 is 0 Å². The first-order valence-corrected chi connectivity index (χ1v) is 22.8. The van der Waals surface area contributed by atoms with E-state index in [1.54, 1.807) is 0 Å². The van der Waals surface area contributed by atoms with Gasteiger partial charge in [-0.2, -0.15) is 0 Å². The molecule has 0 bridgehead atoms. The molecule has 306 valence electrons. The molecule has 0 saturated heterocycles. The lowest BCUT2D eigenvalue weighted by atomic mass is 10.0. The molecule has 0 fully saturated rings. The molecule has 0 radical (unpaired) electrons. The van der Waals surface area contributed by atoms with Crippen LogP contribution in [0.3, 0.4) is 0 Å². The van der Waals surface area contributed by atoms with Crippen molar-refractivity contribution in [3.63, 3.8) is 0 Å². The molecule has 0 heterocycles. The smallest absolute Gasteiger partial charge is 0.220 e. The van der Waals surface area contributed by atoms with E-state index in [4.69, 9.17) is 0 Å². The van der Waals surface area contributed by atoms with Gasteiger partial charge in [0.1, 0.15) is 6.10 Å². The lowest BCUT2D eigenvalue weighted by Gasteiger charge is -2.26. The fraction of sp³-hybridized carbons (Fsp3) is 0.851. The average Bonchev–Trinajstić information content (AvgIpc) is 3.15. The van der Waals surface area contributed by atoms with Crippen LogP contribution in [0.25, 0.3) is 0 Å². The van der Waals surface area contributed by atoms with Crippen molar-refractivity contribution in [2.24, 2.45) is 0 Å². The van der Waals surface area contributed by atoms with Crippen molar-refractivity contribution in [1.29, 1.82) is 0 Å². The second kappa shape index (κ2) is 42.3. The van der Waals surface area contributed by atoms with Gasteiger partial charge >= 0.3 is 0 Å². The Morgan fingerprint density at radius 2 is 0.846 bits per heavy atom. The number of hydrogen-bond donors (Lipinski definition) is 4. The number of aliphatic hydroxyl groups excluding tert-OH is 3. The Labute approximate surface area is 324 Å². The second-order valence-corrected chi connectivity index (χ2v) is 15.6. The highest BCUT2D eigenvalue weighted by Crippen LogP contribution is 2.16. The molecule has 0 aliphatic rings. The number of nitrogens with one attached hydrogen (secondary N) is 1. The SMILES string of the molecule is CC/C=C/CC/C=C/CCCC(O)C(O)C(CO)NC(=O)CCCCCCCCCCCCCCC/C=C\CCCCCCCCCCCCCC. The Hall–Kier alpha value is -1.43. The molecule has 0 aromatic heterocycles. The van der Waals surface area contributed by atoms with E-state index in [0.29, 0.717) is 12.8 Å². The lowest BCUT2D eigenvalue weighted by Crippen LogP contribution is -2.50. The molecule has 0 saturated carbocycles. The topological polar surface area (TPSA) is 89.8 Å². The number of allylic oxidation sites excluding steroid dienone is 6. The van der Waals surface area contributed by atoms with E-state index in [1.807, 2.05) is 0 Å². The predicted octanol–water partition coefficient (Wildman–Crippen LogP) is 13.2. The van der Waals surface area contributed by atoms with Crippen LogP contribution in [0.1, 0.15) is 232 Å². The summed E-state index contributed by atoms with van der Waals surface area (Å²) in [5.74, 6) is -0.160. The summed E-state index contributed by atoms with van der Waals surface area (Å²) in [7, 11) is 0. The molecule has 0 rings (SSSR count). The summed E-state index contributed by atoms with van der Waals surface area (Å²) < 4.78 is 0. The summed E-state index contributed by atoms with van der Waals surface area (Å²) in [6.07, 6.45) is 52.9. The molecule has 52 heavy (non-hydrogen) atoms. The Balaban J connectivity index is 3.51. The fourth-order valence-electron chi connectivity index (χ4n) is 6.95. The number of unbranched alkanes of at least 4 members (excludes halogenated alkanes) is 27. The zero-order chi connectivity index (χ0) is 38.0. The first-order chi connectivity index (χ1) is 25.6. The van der Waals surface area contributed by atoms with E-state index in [9.17, 15) is 20.1 Å². The van der Waals surface area contributed by atoms with Crippen LogP contribution in [0, 0.1) is 0 Å². The summed E-state index contributed by atoms with van der Waals surface area (Å²) in [6, 6.07) is -0.829. The van der Waals surface area contributed by atoms with Crippen molar-refractivity contribution in [3.8, 4) is 0 Å². The first kappa shape index (κ1) is 50.6. The zero-order valence-corrected chi connectivity index (χ0v) is 34.7. The van der Waals surface area contributed by atoms with Crippen molar-refractivity contribution in [2.75, 3.05) is 6.61 Å². The third-order valence-electron chi connectivity index (χ3n) is 10.5. The van der Waals surface area contributed by atoms with Gasteiger partial charge in [0, 0.05) is 6.42 Å². The predicted molar refractivity (Wildman–Crippen MR) is 227 cm³/mol. The minimum atomic E-state index is -1.16. The molecule has 5 nitrogen and oxygen atoms in total. The van der Waals surface area contributed by atoms with Gasteiger partial charge in [-0.05, 0) is 70.6 Å². The van der Waals surface area contributed by atoms with Crippen molar-refractivity contribution >= 4 is 5.91 Å². The minimum Gasteiger partial charge on any atom is -0.394 e. The van der Waals surface area contributed by atoms with E-state index in [-0.39, 0.29) is 12.5 Å². The lowest BCUT2D eigenvalue weighted by molar-refractivity contribution is -0.124. The van der Waals surface area contributed by atoms with Gasteiger partial charge in [-0.3, -0.25) is 4.79 Å². The van der Waals surface area contributed by atoms with E-state index < -0.39 is 18.2 Å².